The third-order valence-electron chi connectivity index (χ3n) is 8.57. The third kappa shape index (κ3) is 3.75. The highest BCUT2D eigenvalue weighted by Gasteiger charge is 2.25. The fourth-order valence-electron chi connectivity index (χ4n) is 6.60. The largest absolute Gasteiger partial charge is 0.308 e. The summed E-state index contributed by atoms with van der Waals surface area (Å²) < 4.78 is 4.49. The summed E-state index contributed by atoms with van der Waals surface area (Å²) in [4.78, 5) is 0. The van der Waals surface area contributed by atoms with E-state index < -0.39 is 0 Å². The van der Waals surface area contributed by atoms with Crippen LogP contribution in [0.3, 0.4) is 0 Å². The van der Waals surface area contributed by atoms with Crippen molar-refractivity contribution in [1.29, 1.82) is 5.26 Å². The maximum absolute atomic E-state index is 10.0. The molecule has 0 spiro atoms. The van der Waals surface area contributed by atoms with E-state index in [2.05, 4.69) is 141 Å². The van der Waals surface area contributed by atoms with Crippen molar-refractivity contribution in [3.8, 4) is 23.0 Å². The molecule has 0 aliphatic rings. The predicted molar refractivity (Wildman–Crippen MR) is 171 cm³/mol. The van der Waals surface area contributed by atoms with Crippen LogP contribution >= 0.6 is 0 Å². The molecule has 0 fully saturated rings. The summed E-state index contributed by atoms with van der Waals surface area (Å²) in [6.45, 7) is 9.14. The van der Waals surface area contributed by atoms with Gasteiger partial charge in [-0.05, 0) is 76.0 Å². The van der Waals surface area contributed by atoms with E-state index in [4.69, 9.17) is 0 Å². The van der Waals surface area contributed by atoms with Gasteiger partial charge in [0.1, 0.15) is 13.1 Å². The predicted octanol–water partition coefficient (Wildman–Crippen LogP) is 9.06. The van der Waals surface area contributed by atoms with Gasteiger partial charge in [0.2, 0.25) is 5.69 Å². The molecule has 3 nitrogen and oxygen atoms in total. The van der Waals surface area contributed by atoms with Gasteiger partial charge in [-0.1, -0.05) is 75.4 Å². The van der Waals surface area contributed by atoms with Crippen LogP contribution in [0.1, 0.15) is 37.5 Å². The van der Waals surface area contributed by atoms with Crippen molar-refractivity contribution < 1.29 is 4.57 Å². The van der Waals surface area contributed by atoms with E-state index >= 15 is 0 Å². The summed E-state index contributed by atoms with van der Waals surface area (Å²) in [6.07, 6.45) is 2.17. The molecule has 7 rings (SSSR count). The normalized spacial score (nSPS) is 12.0. The maximum atomic E-state index is 10.0. The zero-order valence-electron chi connectivity index (χ0n) is 24.2. The fraction of sp³-hybridized carbons (Fsp3) is 0.158. The first-order valence-corrected chi connectivity index (χ1v) is 14.2. The van der Waals surface area contributed by atoms with Crippen LogP contribution in [0.15, 0.2) is 103 Å². The van der Waals surface area contributed by atoms with Crippen molar-refractivity contribution >= 4 is 43.4 Å². The first-order valence-electron chi connectivity index (χ1n) is 14.2. The Bertz CT molecular complexity index is 2220. The highest BCUT2D eigenvalue weighted by atomic mass is 15.0. The average molecular weight is 531 g/mol. The lowest BCUT2D eigenvalue weighted by Gasteiger charge is -2.24. The molecule has 0 saturated heterocycles. The molecule has 7 aromatic rings. The minimum Gasteiger partial charge on any atom is -0.308 e. The van der Waals surface area contributed by atoms with Crippen LogP contribution in [0.2, 0.25) is 0 Å². The molecule has 0 bridgehead atoms. The van der Waals surface area contributed by atoms with E-state index in [1.807, 2.05) is 12.1 Å². The zero-order valence-corrected chi connectivity index (χ0v) is 24.2. The van der Waals surface area contributed by atoms with Crippen LogP contribution in [0.25, 0.3) is 60.3 Å². The summed E-state index contributed by atoms with van der Waals surface area (Å²) in [5, 5.41) is 17.3. The lowest BCUT2D eigenvalue weighted by Crippen LogP contribution is -2.31. The molecule has 3 heteroatoms. The van der Waals surface area contributed by atoms with Gasteiger partial charge < -0.3 is 4.57 Å². The van der Waals surface area contributed by atoms with Gasteiger partial charge in [0, 0.05) is 22.5 Å². The second-order valence-electron chi connectivity index (χ2n) is 12.1. The Hall–Kier alpha value is -4.94. The number of nitriles is 1. The number of hydrogen-bond donors (Lipinski definition) is 0. The lowest BCUT2D eigenvalue weighted by molar-refractivity contribution is -0.659. The molecule has 0 radical (unpaired) electrons. The maximum Gasteiger partial charge on any atom is 0.220 e. The summed E-state index contributed by atoms with van der Waals surface area (Å²) in [6, 6.07) is 37.0. The van der Waals surface area contributed by atoms with Crippen molar-refractivity contribution in [2.75, 3.05) is 0 Å². The number of para-hydroxylation sites is 2. The molecule has 2 heterocycles. The molecule has 41 heavy (non-hydrogen) atoms. The molecular weight excluding hydrogens is 498 g/mol. The second-order valence-corrected chi connectivity index (χ2v) is 12.1. The summed E-state index contributed by atoms with van der Waals surface area (Å²) >= 11 is 0. The fourth-order valence-corrected chi connectivity index (χ4v) is 6.60. The van der Waals surface area contributed by atoms with Crippen LogP contribution in [0, 0.1) is 18.3 Å². The molecule has 0 saturated carbocycles. The Morgan fingerprint density at radius 1 is 0.732 bits per heavy atom. The quantitative estimate of drug-likeness (QED) is 0.205. The van der Waals surface area contributed by atoms with Crippen molar-refractivity contribution in [3.05, 3.63) is 120 Å². The van der Waals surface area contributed by atoms with Gasteiger partial charge in [-0.25, -0.2) is 4.57 Å². The highest BCUT2D eigenvalue weighted by Crippen LogP contribution is 2.40. The zero-order chi connectivity index (χ0) is 28.5. The highest BCUT2D eigenvalue weighted by molar-refractivity contribution is 6.11. The van der Waals surface area contributed by atoms with Gasteiger partial charge in [-0.2, -0.15) is 5.26 Å². The van der Waals surface area contributed by atoms with Gasteiger partial charge in [0.15, 0.2) is 6.20 Å². The van der Waals surface area contributed by atoms with E-state index in [0.29, 0.717) is 5.56 Å². The van der Waals surface area contributed by atoms with E-state index in [1.165, 1.54) is 43.9 Å². The number of rotatable bonds is 2. The first kappa shape index (κ1) is 25.1. The molecule has 0 unspecified atom stereocenters. The van der Waals surface area contributed by atoms with Crippen molar-refractivity contribution in [1.82, 2.24) is 4.57 Å². The van der Waals surface area contributed by atoms with Gasteiger partial charge in [-0.15, -0.1) is 0 Å². The number of aromatic nitrogens is 2. The standard InChI is InChI=1S/C38H32N3/c1-24-28-12-6-7-13-30(28)34(38(2,3)4)22-33(24)37-29-18-17-27(21-25(29)19-20-40(37)5)41-35-16-9-8-14-31(35)32-15-10-11-26(23-39)36(32)41/h6-22H,1-5H3/q+1. The molecule has 0 aliphatic carbocycles. The Morgan fingerprint density at radius 2 is 1.44 bits per heavy atom. The van der Waals surface area contributed by atoms with Crippen LogP contribution in [-0.4, -0.2) is 4.57 Å². The van der Waals surface area contributed by atoms with Gasteiger partial charge in [0.25, 0.3) is 0 Å². The van der Waals surface area contributed by atoms with E-state index in [0.717, 1.165) is 27.5 Å². The molecule has 5 aromatic carbocycles. The third-order valence-corrected chi connectivity index (χ3v) is 8.57. The second kappa shape index (κ2) is 9.04. The molecule has 198 valence electrons. The Labute approximate surface area is 240 Å². The van der Waals surface area contributed by atoms with E-state index in [9.17, 15) is 5.26 Å². The summed E-state index contributed by atoms with van der Waals surface area (Å²) in [7, 11) is 2.14. The van der Waals surface area contributed by atoms with Crippen LogP contribution < -0.4 is 4.57 Å². The lowest BCUT2D eigenvalue weighted by atomic mass is 9.80. The topological polar surface area (TPSA) is 32.6 Å². The molecular formula is C38H32N3+. The smallest absolute Gasteiger partial charge is 0.220 e. The molecule has 0 atom stereocenters. The Morgan fingerprint density at radius 3 is 2.20 bits per heavy atom. The van der Waals surface area contributed by atoms with Crippen molar-refractivity contribution in [2.24, 2.45) is 7.05 Å². The van der Waals surface area contributed by atoms with Crippen LogP contribution in [-0.2, 0) is 12.5 Å². The SMILES string of the molecule is Cc1c(-c2c3ccc(-n4c5ccccc5c5cccc(C#N)c54)cc3cc[n+]2C)cc(C(C)(C)C)c2ccccc12. The molecule has 2 aromatic heterocycles. The molecule has 0 amide bonds. The number of nitrogens with zero attached hydrogens (tertiary/aromatic N) is 3. The number of benzene rings is 5. The summed E-state index contributed by atoms with van der Waals surface area (Å²) in [5.41, 5.74) is 8.92. The number of fused-ring (bicyclic) bond motifs is 5. The van der Waals surface area contributed by atoms with Crippen LogP contribution in [0.5, 0.6) is 0 Å². The first-order chi connectivity index (χ1) is 19.8. The number of pyridine rings is 1. The minimum atomic E-state index is 0.00730. The number of aryl methyl sites for hydroxylation is 2. The molecule has 0 aliphatic heterocycles. The van der Waals surface area contributed by atoms with Crippen LogP contribution in [0.4, 0.5) is 0 Å². The van der Waals surface area contributed by atoms with Crippen molar-refractivity contribution in [3.63, 3.8) is 0 Å². The Kier molecular flexibility index (Phi) is 5.53. The minimum absolute atomic E-state index is 0.00730. The summed E-state index contributed by atoms with van der Waals surface area (Å²) in [5.74, 6) is 0. The van der Waals surface area contributed by atoms with Gasteiger partial charge in [-0.3, -0.25) is 0 Å². The monoisotopic (exact) mass is 530 g/mol. The van der Waals surface area contributed by atoms with E-state index in [-0.39, 0.29) is 5.41 Å². The van der Waals surface area contributed by atoms with Gasteiger partial charge >= 0.3 is 0 Å². The average Bonchev–Trinajstić information content (AvgIpc) is 3.32. The van der Waals surface area contributed by atoms with E-state index in [1.54, 1.807) is 0 Å². The molecule has 0 N–H and O–H groups in total. The van der Waals surface area contributed by atoms with Gasteiger partial charge in [0.05, 0.1) is 27.5 Å². The Balaban J connectivity index is 1.53. The number of hydrogen-bond acceptors (Lipinski definition) is 1. The van der Waals surface area contributed by atoms with Crippen molar-refractivity contribution in [2.45, 2.75) is 33.1 Å².